The Kier molecular flexibility index (Phi) is 4.81. The van der Waals surface area contributed by atoms with Crippen LogP contribution in [0.3, 0.4) is 0 Å². The van der Waals surface area contributed by atoms with Crippen molar-refractivity contribution in [3.05, 3.63) is 65.5 Å². The van der Waals surface area contributed by atoms with Gasteiger partial charge in [0.2, 0.25) is 0 Å². The molecule has 2 aromatic carbocycles. The molecule has 0 aliphatic heterocycles. The molecule has 0 aromatic heterocycles. The van der Waals surface area contributed by atoms with Crippen molar-refractivity contribution in [2.24, 2.45) is 0 Å². The lowest BCUT2D eigenvalue weighted by Crippen LogP contribution is -2.28. The maximum atomic E-state index is 13.3. The van der Waals surface area contributed by atoms with E-state index in [1.54, 1.807) is 6.07 Å². The van der Waals surface area contributed by atoms with E-state index < -0.39 is 23.4 Å². The molecule has 0 bridgehead atoms. The average molecular weight is 295 g/mol. The van der Waals surface area contributed by atoms with Crippen molar-refractivity contribution in [1.29, 1.82) is 0 Å². The van der Waals surface area contributed by atoms with E-state index >= 15 is 0 Å². The van der Waals surface area contributed by atoms with Gasteiger partial charge in [0, 0.05) is 6.07 Å². The summed E-state index contributed by atoms with van der Waals surface area (Å²) in [5, 5.41) is 2.44. The highest BCUT2D eigenvalue weighted by Crippen LogP contribution is 2.17. The van der Waals surface area contributed by atoms with Crippen LogP contribution in [0.1, 0.15) is 10.4 Å². The first-order valence-electron chi connectivity index (χ1n) is 6.18. The molecule has 110 valence electrons. The molecule has 0 aliphatic rings. The Bertz CT molecular complexity index is 647. The van der Waals surface area contributed by atoms with Crippen molar-refractivity contribution in [3.63, 3.8) is 0 Å². The van der Waals surface area contributed by atoms with Crippen LogP contribution in [0.4, 0.5) is 13.2 Å². The van der Waals surface area contributed by atoms with Gasteiger partial charge in [-0.15, -0.1) is 0 Å². The highest BCUT2D eigenvalue weighted by Gasteiger charge is 2.10. The number of benzene rings is 2. The standard InChI is InChI=1S/C15H12F3NO2/c16-10-5-6-14(13(18)9-10)21-8-7-19-15(20)11-3-1-2-4-12(11)17/h1-6,9H,7-8H2,(H,19,20). The number of ether oxygens (including phenoxy) is 1. The normalized spacial score (nSPS) is 10.2. The number of amides is 1. The van der Waals surface area contributed by atoms with Gasteiger partial charge < -0.3 is 10.1 Å². The number of nitrogens with one attached hydrogen (secondary N) is 1. The third-order valence-electron chi connectivity index (χ3n) is 2.66. The topological polar surface area (TPSA) is 38.3 Å². The molecule has 1 N–H and O–H groups in total. The lowest BCUT2D eigenvalue weighted by molar-refractivity contribution is 0.0942. The maximum absolute atomic E-state index is 13.3. The summed E-state index contributed by atoms with van der Waals surface area (Å²) in [5.74, 6) is -2.85. The Labute approximate surface area is 119 Å². The van der Waals surface area contributed by atoms with Gasteiger partial charge in [-0.05, 0) is 24.3 Å². The van der Waals surface area contributed by atoms with E-state index in [0.717, 1.165) is 12.1 Å². The molecule has 2 rings (SSSR count). The Hall–Kier alpha value is -2.50. The monoisotopic (exact) mass is 295 g/mol. The number of hydrogen-bond donors (Lipinski definition) is 1. The molecular formula is C15H12F3NO2. The third kappa shape index (κ3) is 3.98. The summed E-state index contributed by atoms with van der Waals surface area (Å²) >= 11 is 0. The van der Waals surface area contributed by atoms with Crippen LogP contribution in [0, 0.1) is 17.5 Å². The predicted octanol–water partition coefficient (Wildman–Crippen LogP) is 2.91. The van der Waals surface area contributed by atoms with Crippen molar-refractivity contribution in [2.45, 2.75) is 0 Å². The molecule has 0 fully saturated rings. The van der Waals surface area contributed by atoms with E-state index in [1.165, 1.54) is 18.2 Å². The number of carbonyl (C=O) groups excluding carboxylic acids is 1. The minimum Gasteiger partial charge on any atom is -0.489 e. The van der Waals surface area contributed by atoms with E-state index in [9.17, 15) is 18.0 Å². The second-order valence-corrected chi connectivity index (χ2v) is 4.16. The van der Waals surface area contributed by atoms with E-state index in [0.29, 0.717) is 6.07 Å². The number of halogens is 3. The first-order valence-corrected chi connectivity index (χ1v) is 6.18. The number of hydrogen-bond acceptors (Lipinski definition) is 2. The predicted molar refractivity (Wildman–Crippen MR) is 70.6 cm³/mol. The fraction of sp³-hybridized carbons (Fsp3) is 0.133. The largest absolute Gasteiger partial charge is 0.489 e. The van der Waals surface area contributed by atoms with Crippen molar-refractivity contribution in [2.75, 3.05) is 13.2 Å². The van der Waals surface area contributed by atoms with E-state index in [4.69, 9.17) is 4.74 Å². The zero-order valence-corrected chi connectivity index (χ0v) is 10.9. The summed E-state index contributed by atoms with van der Waals surface area (Å²) in [7, 11) is 0. The van der Waals surface area contributed by atoms with Crippen LogP contribution in [0.2, 0.25) is 0 Å². The van der Waals surface area contributed by atoms with Gasteiger partial charge in [-0.1, -0.05) is 12.1 Å². The molecule has 0 aliphatic carbocycles. The van der Waals surface area contributed by atoms with Crippen LogP contribution < -0.4 is 10.1 Å². The van der Waals surface area contributed by atoms with Gasteiger partial charge in [-0.25, -0.2) is 13.2 Å². The van der Waals surface area contributed by atoms with Crippen LogP contribution >= 0.6 is 0 Å². The maximum Gasteiger partial charge on any atom is 0.254 e. The first kappa shape index (κ1) is 14.9. The van der Waals surface area contributed by atoms with Crippen molar-refractivity contribution in [3.8, 4) is 5.75 Å². The number of rotatable bonds is 5. The molecule has 6 heteroatoms. The Balaban J connectivity index is 1.82. The summed E-state index contributed by atoms with van der Waals surface area (Å²) in [6.07, 6.45) is 0. The highest BCUT2D eigenvalue weighted by atomic mass is 19.1. The zero-order valence-electron chi connectivity index (χ0n) is 10.9. The zero-order chi connectivity index (χ0) is 15.2. The molecule has 0 saturated heterocycles. The SMILES string of the molecule is O=C(NCCOc1ccc(F)cc1F)c1ccccc1F. The van der Waals surface area contributed by atoms with Crippen molar-refractivity contribution >= 4 is 5.91 Å². The third-order valence-corrected chi connectivity index (χ3v) is 2.66. The Morgan fingerprint density at radius 1 is 1.05 bits per heavy atom. The fourth-order valence-corrected chi connectivity index (χ4v) is 1.66. The van der Waals surface area contributed by atoms with Gasteiger partial charge in [0.1, 0.15) is 18.2 Å². The molecule has 0 saturated carbocycles. The average Bonchev–Trinajstić information content (AvgIpc) is 2.45. The van der Waals surface area contributed by atoms with Gasteiger partial charge in [0.25, 0.3) is 5.91 Å². The second kappa shape index (κ2) is 6.78. The molecule has 3 nitrogen and oxygen atoms in total. The summed E-state index contributed by atoms with van der Waals surface area (Å²) in [4.78, 5) is 11.7. The lowest BCUT2D eigenvalue weighted by atomic mass is 10.2. The lowest BCUT2D eigenvalue weighted by Gasteiger charge is -2.09. The summed E-state index contributed by atoms with van der Waals surface area (Å²) in [5.41, 5.74) is -0.0783. The number of carbonyl (C=O) groups is 1. The van der Waals surface area contributed by atoms with Gasteiger partial charge in [0.05, 0.1) is 12.1 Å². The van der Waals surface area contributed by atoms with Crippen LogP contribution in [0.5, 0.6) is 5.75 Å². The van der Waals surface area contributed by atoms with E-state index in [1.807, 2.05) is 0 Å². The molecule has 0 radical (unpaired) electrons. The molecule has 1 amide bonds. The summed E-state index contributed by atoms with van der Waals surface area (Å²) in [6, 6.07) is 8.48. The van der Waals surface area contributed by atoms with E-state index in [2.05, 4.69) is 5.32 Å². The quantitative estimate of drug-likeness (QED) is 0.861. The Morgan fingerprint density at radius 2 is 1.81 bits per heavy atom. The fourth-order valence-electron chi connectivity index (χ4n) is 1.66. The van der Waals surface area contributed by atoms with Gasteiger partial charge >= 0.3 is 0 Å². The smallest absolute Gasteiger partial charge is 0.254 e. The summed E-state index contributed by atoms with van der Waals surface area (Å²) in [6.45, 7) is 0.0345. The van der Waals surface area contributed by atoms with Gasteiger partial charge in [0.15, 0.2) is 11.6 Å². The van der Waals surface area contributed by atoms with Crippen LogP contribution in [-0.2, 0) is 0 Å². The minimum atomic E-state index is -0.824. The summed E-state index contributed by atoms with van der Waals surface area (Å²) < 4.78 is 44.3. The molecule has 2 aromatic rings. The van der Waals surface area contributed by atoms with Gasteiger partial charge in [-0.3, -0.25) is 4.79 Å². The van der Waals surface area contributed by atoms with Gasteiger partial charge in [-0.2, -0.15) is 0 Å². The first-order chi connectivity index (χ1) is 10.1. The molecule has 0 unspecified atom stereocenters. The van der Waals surface area contributed by atoms with Crippen LogP contribution in [0.15, 0.2) is 42.5 Å². The van der Waals surface area contributed by atoms with Crippen molar-refractivity contribution < 1.29 is 22.7 Å². The van der Waals surface area contributed by atoms with E-state index in [-0.39, 0.29) is 24.5 Å². The van der Waals surface area contributed by atoms with Crippen molar-refractivity contribution in [1.82, 2.24) is 5.32 Å². The van der Waals surface area contributed by atoms with Crippen LogP contribution in [0.25, 0.3) is 0 Å². The molecule has 0 atom stereocenters. The second-order valence-electron chi connectivity index (χ2n) is 4.16. The molecular weight excluding hydrogens is 283 g/mol. The molecule has 0 heterocycles. The Morgan fingerprint density at radius 3 is 2.52 bits per heavy atom. The highest BCUT2D eigenvalue weighted by molar-refractivity contribution is 5.94. The minimum absolute atomic E-state index is 0.0251. The molecule has 0 spiro atoms. The van der Waals surface area contributed by atoms with Crippen LogP contribution in [-0.4, -0.2) is 19.1 Å². The molecule has 21 heavy (non-hydrogen) atoms.